The second kappa shape index (κ2) is 4.96. The number of methoxy groups -OCH3 is 1. The van der Waals surface area contributed by atoms with Gasteiger partial charge >= 0.3 is 17.8 Å². The third kappa shape index (κ3) is 2.62. The molecule has 6 nitrogen and oxygen atoms in total. The first-order chi connectivity index (χ1) is 7.88. The highest BCUT2D eigenvalue weighted by Gasteiger charge is 2.23. The van der Waals surface area contributed by atoms with Gasteiger partial charge in [-0.05, 0) is 19.4 Å². The molecule has 1 amide bonds. The van der Waals surface area contributed by atoms with Crippen LogP contribution in [-0.4, -0.2) is 30.1 Å². The Balaban J connectivity index is 3.16. The molecule has 0 spiro atoms. The highest BCUT2D eigenvalue weighted by atomic mass is 32.1. The maximum absolute atomic E-state index is 11.5. The molecule has 0 fully saturated rings. The number of carbonyl (C=O) groups is 3. The molecule has 0 unspecified atom stereocenters. The topological polar surface area (TPSA) is 92.7 Å². The van der Waals surface area contributed by atoms with Crippen molar-refractivity contribution in [1.29, 1.82) is 0 Å². The number of amides is 1. The fraction of sp³-hybridized carbons (Fsp3) is 0.300. The maximum Gasteiger partial charge on any atom is 0.394 e. The Labute approximate surface area is 101 Å². The van der Waals surface area contributed by atoms with E-state index < -0.39 is 17.8 Å². The van der Waals surface area contributed by atoms with Gasteiger partial charge in [0.15, 0.2) is 0 Å². The number of anilines is 1. The van der Waals surface area contributed by atoms with Crippen LogP contribution >= 0.6 is 11.3 Å². The molecule has 1 heterocycles. The zero-order valence-electron chi connectivity index (χ0n) is 9.49. The van der Waals surface area contributed by atoms with Gasteiger partial charge in [0, 0.05) is 4.88 Å². The van der Waals surface area contributed by atoms with E-state index in [0.29, 0.717) is 5.56 Å². The first-order valence-corrected chi connectivity index (χ1v) is 5.42. The van der Waals surface area contributed by atoms with Gasteiger partial charge in [-0.25, -0.2) is 9.59 Å². The molecule has 0 atom stereocenters. The Bertz CT molecular complexity index is 491. The summed E-state index contributed by atoms with van der Waals surface area (Å²) in [5.41, 5.74) is 0.868. The average molecular weight is 257 g/mol. The lowest BCUT2D eigenvalue weighted by molar-refractivity contribution is -0.147. The van der Waals surface area contributed by atoms with Crippen molar-refractivity contribution in [2.75, 3.05) is 12.4 Å². The van der Waals surface area contributed by atoms with Crippen LogP contribution < -0.4 is 5.32 Å². The zero-order valence-corrected chi connectivity index (χ0v) is 10.3. The molecule has 17 heavy (non-hydrogen) atoms. The van der Waals surface area contributed by atoms with Gasteiger partial charge in [-0.15, -0.1) is 11.3 Å². The number of carbonyl (C=O) groups excluding carboxylic acids is 2. The summed E-state index contributed by atoms with van der Waals surface area (Å²) in [6, 6.07) is 0. The second-order valence-electron chi connectivity index (χ2n) is 3.24. The van der Waals surface area contributed by atoms with E-state index in [-0.39, 0.29) is 10.6 Å². The lowest BCUT2D eigenvalue weighted by atomic mass is 10.1. The minimum atomic E-state index is -1.61. The number of nitrogens with one attached hydrogen (secondary N) is 1. The Kier molecular flexibility index (Phi) is 3.84. The van der Waals surface area contributed by atoms with Crippen molar-refractivity contribution >= 4 is 34.2 Å². The number of hydrogen-bond donors (Lipinski definition) is 2. The molecule has 0 bridgehead atoms. The Morgan fingerprint density at radius 1 is 1.29 bits per heavy atom. The number of esters is 1. The van der Waals surface area contributed by atoms with Crippen LogP contribution in [0, 0.1) is 13.8 Å². The summed E-state index contributed by atoms with van der Waals surface area (Å²) >= 11 is 1.13. The highest BCUT2D eigenvalue weighted by molar-refractivity contribution is 7.17. The van der Waals surface area contributed by atoms with Gasteiger partial charge in [0.1, 0.15) is 5.00 Å². The lowest BCUT2D eigenvalue weighted by Gasteiger charge is -2.03. The molecule has 0 saturated heterocycles. The zero-order chi connectivity index (χ0) is 13.2. The summed E-state index contributed by atoms with van der Waals surface area (Å²) in [6.45, 7) is 3.47. The standard InChI is InChI=1S/C10H11NO5S/c1-4-5(2)17-8(6(4)10(15)16-3)11-7(12)9(13)14/h1-3H3,(H,11,12)(H,13,14). The van der Waals surface area contributed by atoms with Crippen LogP contribution in [0.25, 0.3) is 0 Å². The monoisotopic (exact) mass is 257 g/mol. The van der Waals surface area contributed by atoms with E-state index in [1.165, 1.54) is 7.11 Å². The molecule has 7 heteroatoms. The van der Waals surface area contributed by atoms with Gasteiger partial charge in [-0.1, -0.05) is 0 Å². The Hall–Kier alpha value is -1.89. The summed E-state index contributed by atoms with van der Waals surface area (Å²) in [5.74, 6) is -3.39. The number of aryl methyl sites for hydroxylation is 1. The van der Waals surface area contributed by atoms with E-state index in [9.17, 15) is 14.4 Å². The van der Waals surface area contributed by atoms with Crippen LogP contribution in [0.1, 0.15) is 20.8 Å². The second-order valence-corrected chi connectivity index (χ2v) is 4.46. The van der Waals surface area contributed by atoms with Crippen LogP contribution in [0.2, 0.25) is 0 Å². The molecule has 0 radical (unpaired) electrons. The van der Waals surface area contributed by atoms with Crippen molar-refractivity contribution < 1.29 is 24.2 Å². The molecule has 0 saturated carbocycles. The molecular weight excluding hydrogens is 246 g/mol. The molecule has 0 aliphatic heterocycles. The van der Waals surface area contributed by atoms with Gasteiger partial charge in [-0.3, -0.25) is 4.79 Å². The van der Waals surface area contributed by atoms with Crippen LogP contribution in [0.15, 0.2) is 0 Å². The highest BCUT2D eigenvalue weighted by Crippen LogP contribution is 2.32. The van der Waals surface area contributed by atoms with Crippen molar-refractivity contribution in [1.82, 2.24) is 0 Å². The van der Waals surface area contributed by atoms with Gasteiger partial charge in [0.2, 0.25) is 0 Å². The van der Waals surface area contributed by atoms with Crippen LogP contribution in [0.3, 0.4) is 0 Å². The van der Waals surface area contributed by atoms with Crippen molar-refractivity contribution in [2.45, 2.75) is 13.8 Å². The summed E-state index contributed by atoms with van der Waals surface area (Å²) < 4.78 is 4.58. The van der Waals surface area contributed by atoms with E-state index in [2.05, 4.69) is 10.1 Å². The van der Waals surface area contributed by atoms with Crippen molar-refractivity contribution in [3.8, 4) is 0 Å². The van der Waals surface area contributed by atoms with Gasteiger partial charge < -0.3 is 15.2 Å². The van der Waals surface area contributed by atoms with Gasteiger partial charge in [-0.2, -0.15) is 0 Å². The Morgan fingerprint density at radius 3 is 2.35 bits per heavy atom. The first kappa shape index (κ1) is 13.2. The fourth-order valence-electron chi connectivity index (χ4n) is 1.22. The van der Waals surface area contributed by atoms with E-state index in [1.807, 2.05) is 0 Å². The molecule has 2 N–H and O–H groups in total. The lowest BCUT2D eigenvalue weighted by Crippen LogP contribution is -2.22. The molecule has 0 aliphatic rings. The number of aliphatic carboxylic acids is 1. The summed E-state index contributed by atoms with van der Waals surface area (Å²) in [7, 11) is 1.22. The number of rotatable bonds is 2. The smallest absolute Gasteiger partial charge is 0.394 e. The average Bonchev–Trinajstić information content (AvgIpc) is 2.53. The summed E-state index contributed by atoms with van der Waals surface area (Å²) in [4.78, 5) is 33.8. The third-order valence-electron chi connectivity index (χ3n) is 2.20. The SMILES string of the molecule is COC(=O)c1c(NC(=O)C(=O)O)sc(C)c1C. The molecule has 1 rings (SSSR count). The summed E-state index contributed by atoms with van der Waals surface area (Å²) in [5, 5.41) is 10.8. The maximum atomic E-state index is 11.5. The quantitative estimate of drug-likeness (QED) is 0.613. The number of hydrogen-bond acceptors (Lipinski definition) is 5. The molecule has 0 aromatic carbocycles. The van der Waals surface area contributed by atoms with E-state index in [1.54, 1.807) is 13.8 Å². The third-order valence-corrected chi connectivity index (χ3v) is 3.32. The number of ether oxygens (including phenoxy) is 1. The molecular formula is C10H11NO5S. The normalized spacial score (nSPS) is 9.82. The molecule has 1 aromatic heterocycles. The number of carboxylic acids is 1. The largest absolute Gasteiger partial charge is 0.474 e. The predicted octanol–water partition coefficient (Wildman–Crippen LogP) is 1.17. The van der Waals surface area contributed by atoms with E-state index in [0.717, 1.165) is 16.2 Å². The predicted molar refractivity (Wildman–Crippen MR) is 61.4 cm³/mol. The molecule has 92 valence electrons. The van der Waals surface area contributed by atoms with Crippen molar-refractivity contribution in [2.24, 2.45) is 0 Å². The fourth-order valence-corrected chi connectivity index (χ4v) is 2.26. The molecule has 0 aliphatic carbocycles. The van der Waals surface area contributed by atoms with Crippen molar-refractivity contribution in [3.63, 3.8) is 0 Å². The van der Waals surface area contributed by atoms with E-state index >= 15 is 0 Å². The first-order valence-electron chi connectivity index (χ1n) is 4.61. The number of thiophene rings is 1. The van der Waals surface area contributed by atoms with Gasteiger partial charge in [0.25, 0.3) is 0 Å². The minimum absolute atomic E-state index is 0.194. The van der Waals surface area contributed by atoms with Crippen LogP contribution in [0.4, 0.5) is 5.00 Å². The number of carboxylic acid groups (broad SMARTS) is 1. The van der Waals surface area contributed by atoms with Crippen LogP contribution in [0.5, 0.6) is 0 Å². The van der Waals surface area contributed by atoms with Crippen molar-refractivity contribution in [3.05, 3.63) is 16.0 Å². The summed E-state index contributed by atoms with van der Waals surface area (Å²) in [6.07, 6.45) is 0. The van der Waals surface area contributed by atoms with Gasteiger partial charge in [0.05, 0.1) is 12.7 Å². The van der Waals surface area contributed by atoms with E-state index in [4.69, 9.17) is 5.11 Å². The minimum Gasteiger partial charge on any atom is -0.474 e. The molecule has 1 aromatic rings. The van der Waals surface area contributed by atoms with Crippen LogP contribution in [-0.2, 0) is 14.3 Å². The Morgan fingerprint density at radius 2 is 1.88 bits per heavy atom.